The predicted molar refractivity (Wildman–Crippen MR) is 115 cm³/mol. The number of aromatic carboxylic acids is 1. The zero-order valence-electron chi connectivity index (χ0n) is 15.4. The van der Waals surface area contributed by atoms with Crippen LogP contribution >= 0.6 is 23.2 Å². The van der Waals surface area contributed by atoms with Crippen molar-refractivity contribution in [2.45, 2.75) is 4.90 Å². The summed E-state index contributed by atoms with van der Waals surface area (Å²) in [6, 6.07) is 12.9. The van der Waals surface area contributed by atoms with Gasteiger partial charge in [0.2, 0.25) is 10.0 Å². The maximum atomic E-state index is 12.2. The molecule has 0 unspecified atom stereocenters. The van der Waals surface area contributed by atoms with Gasteiger partial charge in [-0.25, -0.2) is 17.9 Å². The first-order valence-electron chi connectivity index (χ1n) is 8.59. The number of carboxylic acids is 1. The summed E-state index contributed by atoms with van der Waals surface area (Å²) in [7, 11) is -2.63. The Hall–Kier alpha value is -2.78. The van der Waals surface area contributed by atoms with Crippen molar-refractivity contribution in [2.24, 2.45) is 0 Å². The normalized spacial score (nSPS) is 12.4. The highest BCUT2D eigenvalue weighted by Gasteiger charge is 2.27. The summed E-state index contributed by atoms with van der Waals surface area (Å²) in [6.45, 7) is 0. The number of ether oxygens (including phenoxy) is 1. The van der Waals surface area contributed by atoms with Crippen LogP contribution in [0.5, 0.6) is 11.5 Å². The third kappa shape index (κ3) is 3.59. The molecule has 1 aliphatic rings. The van der Waals surface area contributed by atoms with Crippen LogP contribution in [0, 0.1) is 0 Å². The lowest BCUT2D eigenvalue weighted by Crippen LogP contribution is -2.20. The van der Waals surface area contributed by atoms with E-state index < -0.39 is 16.0 Å². The van der Waals surface area contributed by atoms with Crippen LogP contribution in [0.15, 0.2) is 53.4 Å². The van der Waals surface area contributed by atoms with Gasteiger partial charge in [0.15, 0.2) is 11.5 Å². The molecule has 1 heterocycles. The monoisotopic (exact) mass is 464 g/mol. The number of hydrogen-bond donors (Lipinski definition) is 3. The third-order valence-corrected chi connectivity index (χ3v) is 6.73. The number of carboxylic acid groups (broad SMARTS) is 1. The molecule has 0 saturated carbocycles. The third-order valence-electron chi connectivity index (χ3n) is 4.60. The van der Waals surface area contributed by atoms with Crippen LogP contribution < -0.4 is 14.8 Å². The molecule has 0 atom stereocenters. The predicted octanol–water partition coefficient (Wildman–Crippen LogP) is 5.12. The average Bonchev–Trinajstić information content (AvgIpc) is 2.72. The number of benzene rings is 3. The van der Waals surface area contributed by atoms with Crippen molar-refractivity contribution in [3.05, 3.63) is 64.1 Å². The molecule has 4 rings (SSSR count). The molecule has 0 radical (unpaired) electrons. The van der Waals surface area contributed by atoms with E-state index >= 15 is 0 Å². The minimum Gasteiger partial charge on any atom is -0.478 e. The SMILES string of the molecule is CNS(=O)(=O)c1cc2c(c(C(=O)O)c1)Nc1ccc(-c3ccc(Cl)c(Cl)c3)cc1O2. The van der Waals surface area contributed by atoms with E-state index in [1.807, 2.05) is 6.07 Å². The van der Waals surface area contributed by atoms with Crippen LogP contribution in [0.4, 0.5) is 11.4 Å². The van der Waals surface area contributed by atoms with Gasteiger partial charge in [0.25, 0.3) is 0 Å². The fourth-order valence-electron chi connectivity index (χ4n) is 3.06. The standard InChI is InChI=1S/C20H14Cl2N2O5S/c1-23-30(27,28)12-8-13(20(25)26)19-18(9-12)29-17-7-11(3-5-16(17)24-19)10-2-4-14(21)15(22)6-10/h2-9,23-24H,1H3,(H,25,26). The molecule has 1 aliphatic heterocycles. The molecular weight excluding hydrogens is 451 g/mol. The number of anilines is 2. The van der Waals surface area contributed by atoms with Gasteiger partial charge >= 0.3 is 5.97 Å². The number of fused-ring (bicyclic) bond motifs is 2. The van der Waals surface area contributed by atoms with Crippen molar-refractivity contribution in [1.29, 1.82) is 0 Å². The molecule has 0 bridgehead atoms. The molecule has 7 nitrogen and oxygen atoms in total. The van der Waals surface area contributed by atoms with E-state index in [-0.39, 0.29) is 21.9 Å². The molecule has 3 aromatic rings. The Bertz CT molecular complexity index is 1310. The van der Waals surface area contributed by atoms with Gasteiger partial charge in [-0.05, 0) is 48.5 Å². The van der Waals surface area contributed by atoms with E-state index in [0.717, 1.165) is 17.2 Å². The Kier molecular flexibility index (Phi) is 5.11. The molecule has 154 valence electrons. The van der Waals surface area contributed by atoms with Crippen LogP contribution in [0.3, 0.4) is 0 Å². The summed E-state index contributed by atoms with van der Waals surface area (Å²) in [5.74, 6) is -0.796. The summed E-state index contributed by atoms with van der Waals surface area (Å²) < 4.78 is 32.5. The minimum absolute atomic E-state index is 0.0857. The highest BCUT2D eigenvalue weighted by Crippen LogP contribution is 2.46. The number of rotatable bonds is 4. The second kappa shape index (κ2) is 7.48. The smallest absolute Gasteiger partial charge is 0.338 e. The van der Waals surface area contributed by atoms with E-state index in [9.17, 15) is 18.3 Å². The Morgan fingerprint density at radius 3 is 2.37 bits per heavy atom. The molecule has 10 heteroatoms. The molecule has 3 N–H and O–H groups in total. The maximum absolute atomic E-state index is 12.2. The summed E-state index contributed by atoms with van der Waals surface area (Å²) in [5.41, 5.74) is 2.08. The first-order chi connectivity index (χ1) is 14.2. The van der Waals surface area contributed by atoms with Gasteiger partial charge in [0.05, 0.1) is 31.9 Å². The number of sulfonamides is 1. The fraction of sp³-hybridized carbons (Fsp3) is 0.0500. The van der Waals surface area contributed by atoms with Gasteiger partial charge in [-0.3, -0.25) is 0 Å². The topological polar surface area (TPSA) is 105 Å². The maximum Gasteiger partial charge on any atom is 0.338 e. The molecule has 0 aliphatic carbocycles. The summed E-state index contributed by atoms with van der Waals surface area (Å²) >= 11 is 12.1. The van der Waals surface area contributed by atoms with Crippen molar-refractivity contribution in [3.8, 4) is 22.6 Å². The van der Waals surface area contributed by atoms with Crippen LogP contribution in [-0.2, 0) is 10.0 Å². The van der Waals surface area contributed by atoms with Gasteiger partial charge in [-0.15, -0.1) is 0 Å². The number of nitrogens with one attached hydrogen (secondary N) is 2. The first kappa shape index (κ1) is 20.5. The zero-order valence-corrected chi connectivity index (χ0v) is 17.7. The van der Waals surface area contributed by atoms with Crippen molar-refractivity contribution in [2.75, 3.05) is 12.4 Å². The van der Waals surface area contributed by atoms with Gasteiger partial charge in [-0.2, -0.15) is 0 Å². The van der Waals surface area contributed by atoms with Gasteiger partial charge < -0.3 is 15.2 Å². The highest BCUT2D eigenvalue weighted by molar-refractivity contribution is 7.89. The second-order valence-corrected chi connectivity index (χ2v) is 9.12. The van der Waals surface area contributed by atoms with E-state index in [0.29, 0.717) is 21.5 Å². The minimum atomic E-state index is -3.87. The second-order valence-electron chi connectivity index (χ2n) is 6.42. The number of carbonyl (C=O) groups is 1. The van der Waals surface area contributed by atoms with Gasteiger partial charge in [0.1, 0.15) is 0 Å². The van der Waals surface area contributed by atoms with Crippen LogP contribution in [0.2, 0.25) is 10.0 Å². The Morgan fingerprint density at radius 1 is 1.00 bits per heavy atom. The summed E-state index contributed by atoms with van der Waals surface area (Å²) in [4.78, 5) is 11.5. The molecule has 30 heavy (non-hydrogen) atoms. The van der Waals surface area contributed by atoms with Crippen LogP contribution in [0.25, 0.3) is 11.1 Å². The van der Waals surface area contributed by atoms with Crippen molar-refractivity contribution in [3.63, 3.8) is 0 Å². The lowest BCUT2D eigenvalue weighted by atomic mass is 10.0. The van der Waals surface area contributed by atoms with E-state index in [4.69, 9.17) is 27.9 Å². The van der Waals surface area contributed by atoms with Crippen LogP contribution in [-0.4, -0.2) is 26.5 Å². The van der Waals surface area contributed by atoms with E-state index in [2.05, 4.69) is 10.0 Å². The quantitative estimate of drug-likeness (QED) is 0.387. The molecular formula is C20H14Cl2N2O5S. The lowest BCUT2D eigenvalue weighted by Gasteiger charge is -2.24. The highest BCUT2D eigenvalue weighted by atomic mass is 35.5. The average molecular weight is 465 g/mol. The first-order valence-corrected chi connectivity index (χ1v) is 10.8. The lowest BCUT2D eigenvalue weighted by molar-refractivity contribution is 0.0697. The van der Waals surface area contributed by atoms with Crippen molar-refractivity contribution < 1.29 is 23.1 Å². The molecule has 0 amide bonds. The molecule has 0 aromatic heterocycles. The molecule has 3 aromatic carbocycles. The summed E-state index contributed by atoms with van der Waals surface area (Å²) in [5, 5.41) is 13.4. The fourth-order valence-corrected chi connectivity index (χ4v) is 4.13. The largest absolute Gasteiger partial charge is 0.478 e. The Morgan fingerprint density at radius 2 is 1.70 bits per heavy atom. The number of halogens is 2. The Balaban J connectivity index is 1.81. The Labute approximate surface area is 182 Å². The molecule has 0 saturated heterocycles. The van der Waals surface area contributed by atoms with Crippen molar-refractivity contribution in [1.82, 2.24) is 4.72 Å². The van der Waals surface area contributed by atoms with Gasteiger partial charge in [-0.1, -0.05) is 35.3 Å². The molecule has 0 spiro atoms. The van der Waals surface area contributed by atoms with Crippen molar-refractivity contribution >= 4 is 50.6 Å². The summed E-state index contributed by atoms with van der Waals surface area (Å²) in [6.07, 6.45) is 0. The van der Waals surface area contributed by atoms with E-state index in [1.54, 1.807) is 30.3 Å². The zero-order chi connectivity index (χ0) is 21.6. The van der Waals surface area contributed by atoms with E-state index in [1.165, 1.54) is 13.1 Å². The number of hydrogen-bond acceptors (Lipinski definition) is 5. The molecule has 0 fully saturated rings. The van der Waals surface area contributed by atoms with Crippen LogP contribution in [0.1, 0.15) is 10.4 Å². The van der Waals surface area contributed by atoms with Gasteiger partial charge in [0, 0.05) is 6.07 Å².